The molecule has 0 heterocycles. The Morgan fingerprint density at radius 3 is 2.45 bits per heavy atom. The highest BCUT2D eigenvalue weighted by Crippen LogP contribution is 2.15. The fourth-order valence-electron chi connectivity index (χ4n) is 2.25. The molecule has 20 heavy (non-hydrogen) atoms. The molecule has 5 heteroatoms. The topological polar surface area (TPSA) is 50.8 Å². The van der Waals surface area contributed by atoms with E-state index < -0.39 is 5.54 Å². The molecule has 5 nitrogen and oxygen atoms in total. The molecule has 0 saturated heterocycles. The number of ether oxygens (including phenoxy) is 2. The van der Waals surface area contributed by atoms with E-state index in [-0.39, 0.29) is 5.97 Å². The van der Waals surface area contributed by atoms with E-state index in [1.165, 1.54) is 0 Å². The van der Waals surface area contributed by atoms with E-state index in [4.69, 9.17) is 9.47 Å². The molecule has 0 amide bonds. The smallest absolute Gasteiger partial charge is 0.326 e. The van der Waals surface area contributed by atoms with Gasteiger partial charge in [-0.05, 0) is 46.3 Å². The van der Waals surface area contributed by atoms with Gasteiger partial charge in [0.05, 0.1) is 13.2 Å². The third kappa shape index (κ3) is 7.22. The molecule has 0 aromatic heterocycles. The number of rotatable bonds is 12. The van der Waals surface area contributed by atoms with Gasteiger partial charge in [-0.2, -0.15) is 0 Å². The molecule has 0 fully saturated rings. The van der Waals surface area contributed by atoms with Gasteiger partial charge in [-0.15, -0.1) is 0 Å². The SMILES string of the molecule is CCNC(C)(CCCN(CC)CCOC)C(=O)OCC. The molecular formula is C15H32N2O3. The first-order chi connectivity index (χ1) is 9.53. The van der Waals surface area contributed by atoms with Crippen LogP contribution in [-0.2, 0) is 14.3 Å². The molecule has 0 aliphatic carbocycles. The Bertz CT molecular complexity index is 262. The van der Waals surface area contributed by atoms with Gasteiger partial charge in [0.2, 0.25) is 0 Å². The van der Waals surface area contributed by atoms with Crippen LogP contribution in [-0.4, -0.2) is 62.9 Å². The van der Waals surface area contributed by atoms with Crippen LogP contribution in [0.4, 0.5) is 0 Å². The lowest BCUT2D eigenvalue weighted by Crippen LogP contribution is -2.50. The molecule has 0 aliphatic rings. The molecule has 0 radical (unpaired) electrons. The Kier molecular flexibility index (Phi) is 10.7. The fraction of sp³-hybridized carbons (Fsp3) is 0.933. The maximum Gasteiger partial charge on any atom is 0.326 e. The van der Waals surface area contributed by atoms with Crippen LogP contribution >= 0.6 is 0 Å². The quantitative estimate of drug-likeness (QED) is 0.554. The van der Waals surface area contributed by atoms with Crippen LogP contribution in [0.5, 0.6) is 0 Å². The first kappa shape index (κ1) is 19.4. The van der Waals surface area contributed by atoms with Crippen LogP contribution in [0.2, 0.25) is 0 Å². The second kappa shape index (κ2) is 11.1. The number of hydrogen-bond acceptors (Lipinski definition) is 5. The molecule has 0 rings (SSSR count). The van der Waals surface area contributed by atoms with Crippen LogP contribution in [0.3, 0.4) is 0 Å². The molecule has 0 spiro atoms. The maximum atomic E-state index is 12.1. The second-order valence-corrected chi connectivity index (χ2v) is 5.11. The fourth-order valence-corrected chi connectivity index (χ4v) is 2.25. The number of hydrogen-bond donors (Lipinski definition) is 1. The molecule has 0 aromatic rings. The van der Waals surface area contributed by atoms with Gasteiger partial charge in [0.25, 0.3) is 0 Å². The number of carbonyl (C=O) groups is 1. The zero-order valence-corrected chi connectivity index (χ0v) is 13.8. The average molecular weight is 288 g/mol. The Morgan fingerprint density at radius 2 is 1.95 bits per heavy atom. The Balaban J connectivity index is 4.28. The van der Waals surface area contributed by atoms with Crippen LogP contribution in [0, 0.1) is 0 Å². The van der Waals surface area contributed by atoms with Gasteiger partial charge in [0.1, 0.15) is 5.54 Å². The van der Waals surface area contributed by atoms with Crippen molar-refractivity contribution >= 4 is 5.97 Å². The van der Waals surface area contributed by atoms with Crippen molar-refractivity contribution in [2.24, 2.45) is 0 Å². The van der Waals surface area contributed by atoms with Crippen molar-refractivity contribution < 1.29 is 14.3 Å². The predicted octanol–water partition coefficient (Wildman–Crippen LogP) is 1.67. The van der Waals surface area contributed by atoms with Gasteiger partial charge in [-0.1, -0.05) is 13.8 Å². The first-order valence-electron chi connectivity index (χ1n) is 7.67. The van der Waals surface area contributed by atoms with E-state index in [2.05, 4.69) is 17.1 Å². The van der Waals surface area contributed by atoms with Crippen LogP contribution in [0.25, 0.3) is 0 Å². The van der Waals surface area contributed by atoms with Crippen LogP contribution in [0.1, 0.15) is 40.5 Å². The van der Waals surface area contributed by atoms with E-state index >= 15 is 0 Å². The molecular weight excluding hydrogens is 256 g/mol. The van der Waals surface area contributed by atoms with Gasteiger partial charge in [0.15, 0.2) is 0 Å². The molecule has 1 N–H and O–H groups in total. The summed E-state index contributed by atoms with van der Waals surface area (Å²) in [6.45, 7) is 12.8. The third-order valence-corrected chi connectivity index (χ3v) is 3.50. The molecule has 0 aliphatic heterocycles. The monoisotopic (exact) mass is 288 g/mol. The molecule has 0 saturated carbocycles. The zero-order chi connectivity index (χ0) is 15.4. The van der Waals surface area contributed by atoms with Gasteiger partial charge >= 0.3 is 5.97 Å². The Hall–Kier alpha value is -0.650. The third-order valence-electron chi connectivity index (χ3n) is 3.50. The van der Waals surface area contributed by atoms with Crippen molar-refractivity contribution in [2.45, 2.75) is 46.1 Å². The predicted molar refractivity (Wildman–Crippen MR) is 81.9 cm³/mol. The number of likely N-dealkylation sites (N-methyl/N-ethyl adjacent to an activating group) is 2. The van der Waals surface area contributed by atoms with Crippen LogP contribution in [0.15, 0.2) is 0 Å². The average Bonchev–Trinajstić information content (AvgIpc) is 2.43. The number of nitrogens with one attached hydrogen (secondary N) is 1. The highest BCUT2D eigenvalue weighted by atomic mass is 16.5. The Morgan fingerprint density at radius 1 is 1.25 bits per heavy atom. The largest absolute Gasteiger partial charge is 0.465 e. The summed E-state index contributed by atoms with van der Waals surface area (Å²) < 4.78 is 10.3. The number of methoxy groups -OCH3 is 1. The van der Waals surface area contributed by atoms with Crippen molar-refractivity contribution in [3.63, 3.8) is 0 Å². The maximum absolute atomic E-state index is 12.1. The molecule has 1 unspecified atom stereocenters. The van der Waals surface area contributed by atoms with Crippen molar-refractivity contribution in [2.75, 3.05) is 46.5 Å². The number of nitrogens with zero attached hydrogens (tertiary/aromatic N) is 1. The van der Waals surface area contributed by atoms with Crippen molar-refractivity contribution in [1.29, 1.82) is 0 Å². The van der Waals surface area contributed by atoms with E-state index in [0.29, 0.717) is 6.61 Å². The molecule has 0 aromatic carbocycles. The highest BCUT2D eigenvalue weighted by molar-refractivity contribution is 5.80. The van der Waals surface area contributed by atoms with E-state index in [1.807, 2.05) is 20.8 Å². The minimum atomic E-state index is -0.578. The van der Waals surface area contributed by atoms with Crippen molar-refractivity contribution in [3.05, 3.63) is 0 Å². The Labute approximate surface area is 124 Å². The summed E-state index contributed by atoms with van der Waals surface area (Å²) in [6.07, 6.45) is 1.74. The summed E-state index contributed by atoms with van der Waals surface area (Å²) in [4.78, 5) is 14.4. The first-order valence-corrected chi connectivity index (χ1v) is 7.67. The zero-order valence-electron chi connectivity index (χ0n) is 13.8. The highest BCUT2D eigenvalue weighted by Gasteiger charge is 2.33. The standard InChI is InChI=1S/C15H32N2O3/c1-6-16-15(4,14(18)20-8-3)10-9-11-17(7-2)12-13-19-5/h16H,6-13H2,1-5H3. The van der Waals surface area contributed by atoms with E-state index in [0.717, 1.165) is 45.6 Å². The number of carbonyl (C=O) groups excluding carboxylic acids is 1. The lowest BCUT2D eigenvalue weighted by molar-refractivity contribution is -0.150. The van der Waals surface area contributed by atoms with Gasteiger partial charge in [0, 0.05) is 13.7 Å². The minimum Gasteiger partial charge on any atom is -0.465 e. The van der Waals surface area contributed by atoms with Crippen molar-refractivity contribution in [3.8, 4) is 0 Å². The summed E-state index contributed by atoms with van der Waals surface area (Å²) in [6, 6.07) is 0. The summed E-state index contributed by atoms with van der Waals surface area (Å²) in [7, 11) is 1.72. The summed E-state index contributed by atoms with van der Waals surface area (Å²) in [5, 5.41) is 3.26. The minimum absolute atomic E-state index is 0.151. The molecule has 0 bridgehead atoms. The lowest BCUT2D eigenvalue weighted by Gasteiger charge is -2.29. The second-order valence-electron chi connectivity index (χ2n) is 5.11. The van der Waals surface area contributed by atoms with Crippen molar-refractivity contribution in [1.82, 2.24) is 10.2 Å². The lowest BCUT2D eigenvalue weighted by atomic mass is 9.95. The molecule has 1 atom stereocenters. The van der Waals surface area contributed by atoms with Gasteiger partial charge in [-0.3, -0.25) is 4.79 Å². The van der Waals surface area contributed by atoms with Gasteiger partial charge < -0.3 is 19.7 Å². The summed E-state index contributed by atoms with van der Waals surface area (Å²) in [5.41, 5.74) is -0.578. The summed E-state index contributed by atoms with van der Waals surface area (Å²) >= 11 is 0. The summed E-state index contributed by atoms with van der Waals surface area (Å²) in [5.74, 6) is -0.151. The van der Waals surface area contributed by atoms with E-state index in [9.17, 15) is 4.79 Å². The normalized spacial score (nSPS) is 14.3. The van der Waals surface area contributed by atoms with E-state index in [1.54, 1.807) is 7.11 Å². The van der Waals surface area contributed by atoms with Crippen LogP contribution < -0.4 is 5.32 Å². The van der Waals surface area contributed by atoms with Gasteiger partial charge in [-0.25, -0.2) is 0 Å². The number of esters is 1. The molecule has 120 valence electrons.